The standard InChI is InChI=1S/C26H32F3N3O4/c27-26(28,29)19-6-4-5-18(15-19)25(36)11-13-32(14-12-25)16-20-7-8-21(23(34)31-20)22(33)30-17-24(35)9-2-1-3-10-24/h4-8,15,35-36H,1-3,9-14,16-17H2,(H,30,33)(H,31,34). The van der Waals surface area contributed by atoms with Crippen molar-refractivity contribution in [2.75, 3.05) is 19.6 Å². The summed E-state index contributed by atoms with van der Waals surface area (Å²) in [5, 5.41) is 24.2. The molecule has 1 amide bonds. The van der Waals surface area contributed by atoms with Crippen LogP contribution in [0.1, 0.15) is 72.1 Å². The molecule has 2 fully saturated rings. The molecule has 0 bridgehead atoms. The van der Waals surface area contributed by atoms with Gasteiger partial charge in [0.2, 0.25) is 0 Å². The lowest BCUT2D eigenvalue weighted by atomic mass is 9.83. The fraction of sp³-hybridized carbons (Fsp3) is 0.538. The van der Waals surface area contributed by atoms with Crippen LogP contribution in [0.2, 0.25) is 0 Å². The van der Waals surface area contributed by atoms with E-state index >= 15 is 0 Å². The summed E-state index contributed by atoms with van der Waals surface area (Å²) in [4.78, 5) is 29.7. The highest BCUT2D eigenvalue weighted by atomic mass is 19.4. The van der Waals surface area contributed by atoms with Crippen LogP contribution in [0.5, 0.6) is 0 Å². The molecule has 1 aromatic carbocycles. The molecule has 0 radical (unpaired) electrons. The first-order valence-electron chi connectivity index (χ1n) is 12.3. The molecule has 7 nitrogen and oxygen atoms in total. The lowest BCUT2D eigenvalue weighted by Gasteiger charge is -2.38. The minimum atomic E-state index is -4.47. The smallest absolute Gasteiger partial charge is 0.388 e. The van der Waals surface area contributed by atoms with Gasteiger partial charge in [0.25, 0.3) is 11.5 Å². The number of nitrogens with zero attached hydrogens (tertiary/aromatic N) is 1. The monoisotopic (exact) mass is 507 g/mol. The van der Waals surface area contributed by atoms with Gasteiger partial charge in [0.1, 0.15) is 5.56 Å². The van der Waals surface area contributed by atoms with Gasteiger partial charge in [-0.05, 0) is 55.5 Å². The minimum absolute atomic E-state index is 0.0317. The maximum atomic E-state index is 13.1. The van der Waals surface area contributed by atoms with Crippen LogP contribution < -0.4 is 10.9 Å². The predicted octanol–water partition coefficient (Wildman–Crippen LogP) is 3.30. The SMILES string of the molecule is O=C(NCC1(O)CCCCC1)c1ccc(CN2CCC(O)(c3cccc(C(F)(F)F)c3)CC2)[nH]c1=O. The highest BCUT2D eigenvalue weighted by Crippen LogP contribution is 2.37. The summed E-state index contributed by atoms with van der Waals surface area (Å²) in [6.07, 6.45) is 0.174. The van der Waals surface area contributed by atoms with Crippen molar-refractivity contribution in [1.82, 2.24) is 15.2 Å². The third-order valence-corrected chi connectivity index (χ3v) is 7.38. The van der Waals surface area contributed by atoms with Gasteiger partial charge < -0.3 is 20.5 Å². The van der Waals surface area contributed by atoms with Crippen LogP contribution in [-0.2, 0) is 18.3 Å². The number of nitrogens with one attached hydrogen (secondary N) is 2. The number of carbonyl (C=O) groups excluding carboxylic acids is 1. The van der Waals surface area contributed by atoms with Crippen molar-refractivity contribution in [3.63, 3.8) is 0 Å². The van der Waals surface area contributed by atoms with E-state index < -0.39 is 34.4 Å². The number of piperidine rings is 1. The Labute approximate surface area is 207 Å². The van der Waals surface area contributed by atoms with Crippen molar-refractivity contribution >= 4 is 5.91 Å². The average molecular weight is 508 g/mol. The van der Waals surface area contributed by atoms with E-state index in [0.29, 0.717) is 38.2 Å². The van der Waals surface area contributed by atoms with Gasteiger partial charge in [-0.3, -0.25) is 14.5 Å². The summed E-state index contributed by atoms with van der Waals surface area (Å²) in [5.74, 6) is -0.536. The van der Waals surface area contributed by atoms with Crippen LogP contribution in [0.25, 0.3) is 0 Å². The number of alkyl halides is 3. The van der Waals surface area contributed by atoms with Crippen LogP contribution in [0.15, 0.2) is 41.2 Å². The lowest BCUT2D eigenvalue weighted by Crippen LogP contribution is -2.45. The second-order valence-electron chi connectivity index (χ2n) is 10.1. The van der Waals surface area contributed by atoms with E-state index in [0.717, 1.165) is 31.4 Å². The number of aromatic nitrogens is 1. The number of likely N-dealkylation sites (tertiary alicyclic amines) is 1. The number of rotatable bonds is 6. The molecule has 196 valence electrons. The van der Waals surface area contributed by atoms with E-state index in [1.165, 1.54) is 18.2 Å². The van der Waals surface area contributed by atoms with Gasteiger partial charge in [0.05, 0.1) is 16.8 Å². The van der Waals surface area contributed by atoms with Gasteiger partial charge >= 0.3 is 6.18 Å². The number of hydrogen-bond donors (Lipinski definition) is 4. The number of aliphatic hydroxyl groups is 2. The van der Waals surface area contributed by atoms with Crippen molar-refractivity contribution < 1.29 is 28.2 Å². The first-order chi connectivity index (χ1) is 17.0. The Balaban J connectivity index is 1.33. The van der Waals surface area contributed by atoms with Crippen LogP contribution >= 0.6 is 0 Å². The zero-order valence-electron chi connectivity index (χ0n) is 20.0. The van der Waals surface area contributed by atoms with E-state index in [1.807, 2.05) is 4.90 Å². The fourth-order valence-electron chi connectivity index (χ4n) is 5.11. The first-order valence-corrected chi connectivity index (χ1v) is 12.3. The molecule has 1 saturated heterocycles. The molecular formula is C26H32F3N3O4. The zero-order chi connectivity index (χ0) is 26.0. The topological polar surface area (TPSA) is 106 Å². The van der Waals surface area contributed by atoms with Crippen molar-refractivity contribution in [2.24, 2.45) is 0 Å². The Morgan fingerprint density at radius 2 is 1.72 bits per heavy atom. The highest BCUT2D eigenvalue weighted by Gasteiger charge is 2.37. The number of amides is 1. The summed E-state index contributed by atoms with van der Waals surface area (Å²) < 4.78 is 39.2. The summed E-state index contributed by atoms with van der Waals surface area (Å²) in [6, 6.07) is 7.92. The van der Waals surface area contributed by atoms with E-state index in [-0.39, 0.29) is 30.5 Å². The molecule has 1 saturated carbocycles. The van der Waals surface area contributed by atoms with E-state index in [4.69, 9.17) is 0 Å². The maximum absolute atomic E-state index is 13.1. The zero-order valence-corrected chi connectivity index (χ0v) is 20.0. The number of carbonyl (C=O) groups is 1. The lowest BCUT2D eigenvalue weighted by molar-refractivity contribution is -0.137. The van der Waals surface area contributed by atoms with Crippen LogP contribution in [0.4, 0.5) is 13.2 Å². The van der Waals surface area contributed by atoms with Gasteiger partial charge in [0.15, 0.2) is 0 Å². The molecule has 4 rings (SSSR count). The highest BCUT2D eigenvalue weighted by molar-refractivity contribution is 5.93. The van der Waals surface area contributed by atoms with Gasteiger partial charge in [-0.15, -0.1) is 0 Å². The minimum Gasteiger partial charge on any atom is -0.388 e. The number of aromatic amines is 1. The van der Waals surface area contributed by atoms with E-state index in [9.17, 15) is 33.0 Å². The molecule has 2 aliphatic rings. The van der Waals surface area contributed by atoms with Crippen LogP contribution in [0.3, 0.4) is 0 Å². The average Bonchev–Trinajstić information content (AvgIpc) is 2.84. The molecule has 0 unspecified atom stereocenters. The second kappa shape index (κ2) is 10.4. The summed E-state index contributed by atoms with van der Waals surface area (Å²) in [7, 11) is 0. The van der Waals surface area contributed by atoms with Crippen LogP contribution in [-0.4, -0.2) is 51.2 Å². The number of H-pyrrole nitrogens is 1. The third kappa shape index (κ3) is 6.16. The summed E-state index contributed by atoms with van der Waals surface area (Å²) >= 11 is 0. The molecule has 10 heteroatoms. The molecule has 0 spiro atoms. The molecule has 0 atom stereocenters. The van der Waals surface area contributed by atoms with Gasteiger partial charge in [-0.25, -0.2) is 0 Å². The Kier molecular flexibility index (Phi) is 7.59. The third-order valence-electron chi connectivity index (χ3n) is 7.38. The molecule has 2 heterocycles. The Bertz CT molecular complexity index is 1130. The molecular weight excluding hydrogens is 475 g/mol. The van der Waals surface area contributed by atoms with E-state index in [1.54, 1.807) is 6.07 Å². The van der Waals surface area contributed by atoms with Crippen molar-refractivity contribution in [3.8, 4) is 0 Å². The van der Waals surface area contributed by atoms with Crippen molar-refractivity contribution in [1.29, 1.82) is 0 Å². The molecule has 1 aromatic heterocycles. The Hall–Kier alpha value is -2.69. The number of benzene rings is 1. The van der Waals surface area contributed by atoms with Gasteiger partial charge in [0, 0.05) is 31.9 Å². The molecule has 4 N–H and O–H groups in total. The first kappa shape index (κ1) is 26.4. The molecule has 1 aliphatic carbocycles. The van der Waals surface area contributed by atoms with Crippen LogP contribution in [0, 0.1) is 0 Å². The molecule has 36 heavy (non-hydrogen) atoms. The van der Waals surface area contributed by atoms with E-state index in [2.05, 4.69) is 10.3 Å². The Morgan fingerprint density at radius 1 is 1.03 bits per heavy atom. The number of pyridine rings is 1. The molecule has 2 aromatic rings. The van der Waals surface area contributed by atoms with Gasteiger partial charge in [-0.2, -0.15) is 13.2 Å². The molecule has 1 aliphatic heterocycles. The van der Waals surface area contributed by atoms with Gasteiger partial charge in [-0.1, -0.05) is 31.4 Å². The largest absolute Gasteiger partial charge is 0.416 e. The summed E-state index contributed by atoms with van der Waals surface area (Å²) in [6.45, 7) is 1.33. The Morgan fingerprint density at radius 3 is 2.36 bits per heavy atom. The predicted molar refractivity (Wildman–Crippen MR) is 127 cm³/mol. The van der Waals surface area contributed by atoms with Crippen molar-refractivity contribution in [3.05, 3.63) is 69.1 Å². The summed E-state index contributed by atoms with van der Waals surface area (Å²) in [5.41, 5.74) is -2.79. The fourth-order valence-corrected chi connectivity index (χ4v) is 5.11. The quantitative estimate of drug-likeness (QED) is 0.480. The van der Waals surface area contributed by atoms with Crippen molar-refractivity contribution in [2.45, 2.75) is 68.9 Å². The maximum Gasteiger partial charge on any atom is 0.416 e. The number of hydrogen-bond acceptors (Lipinski definition) is 5. The normalized spacial score (nSPS) is 20.1. The second-order valence-corrected chi connectivity index (χ2v) is 10.1. The number of halogens is 3.